The highest BCUT2D eigenvalue weighted by molar-refractivity contribution is 6.00. The van der Waals surface area contributed by atoms with E-state index in [1.54, 1.807) is 29.2 Å². The lowest BCUT2D eigenvalue weighted by Crippen LogP contribution is -2.28. The van der Waals surface area contributed by atoms with Crippen LogP contribution in [-0.4, -0.2) is 38.0 Å². The highest BCUT2D eigenvalue weighted by Crippen LogP contribution is 2.29. The molecule has 152 valence electrons. The Balaban J connectivity index is 1.56. The van der Waals surface area contributed by atoms with Crippen LogP contribution >= 0.6 is 0 Å². The molecule has 7 nitrogen and oxygen atoms in total. The molecule has 0 radical (unpaired) electrons. The number of hydrogen-bond donors (Lipinski definition) is 1. The minimum Gasteiger partial charge on any atom is -0.495 e. The first-order chi connectivity index (χ1) is 14.0. The molecule has 2 aromatic rings. The molecule has 1 aliphatic rings. The molecule has 0 saturated carbocycles. The molecule has 0 bridgehead atoms. The van der Waals surface area contributed by atoms with Crippen molar-refractivity contribution < 1.29 is 23.9 Å². The predicted octanol–water partition coefficient (Wildman–Crippen LogP) is 2.79. The van der Waals surface area contributed by atoms with E-state index < -0.39 is 24.4 Å². The second-order valence-corrected chi connectivity index (χ2v) is 6.74. The maximum atomic E-state index is 12.4. The standard InChI is InChI=1S/C22H24N2O5/c1-3-15-8-4-6-10-18(15)24-13-16(12-21(24)26)22(27)29-14-20(25)23-17-9-5-7-11-19(17)28-2/h4-11,16H,3,12-14H2,1-2H3,(H,23,25)/t16-/m0/s1. The van der Waals surface area contributed by atoms with E-state index in [0.29, 0.717) is 11.4 Å². The number of amides is 2. The molecule has 1 atom stereocenters. The van der Waals surface area contributed by atoms with Crippen LogP contribution in [0.1, 0.15) is 18.9 Å². The number of carbonyl (C=O) groups excluding carboxylic acids is 3. The Morgan fingerprint density at radius 1 is 1.14 bits per heavy atom. The summed E-state index contributed by atoms with van der Waals surface area (Å²) in [4.78, 5) is 38.6. The largest absolute Gasteiger partial charge is 0.495 e. The van der Waals surface area contributed by atoms with Crippen LogP contribution in [0.15, 0.2) is 48.5 Å². The van der Waals surface area contributed by atoms with E-state index in [1.165, 1.54) is 7.11 Å². The molecule has 1 heterocycles. The number of para-hydroxylation sites is 3. The van der Waals surface area contributed by atoms with Crippen molar-refractivity contribution in [3.05, 3.63) is 54.1 Å². The summed E-state index contributed by atoms with van der Waals surface area (Å²) < 4.78 is 10.3. The fraction of sp³-hybridized carbons (Fsp3) is 0.318. The molecular weight excluding hydrogens is 372 g/mol. The average molecular weight is 396 g/mol. The quantitative estimate of drug-likeness (QED) is 0.728. The molecule has 2 aromatic carbocycles. The van der Waals surface area contributed by atoms with E-state index in [9.17, 15) is 14.4 Å². The summed E-state index contributed by atoms with van der Waals surface area (Å²) in [5.41, 5.74) is 2.37. The third kappa shape index (κ3) is 4.74. The second kappa shape index (κ2) is 9.23. The van der Waals surface area contributed by atoms with E-state index in [4.69, 9.17) is 9.47 Å². The van der Waals surface area contributed by atoms with Gasteiger partial charge in [-0.1, -0.05) is 37.3 Å². The summed E-state index contributed by atoms with van der Waals surface area (Å²) in [6.45, 7) is 1.85. The van der Waals surface area contributed by atoms with Crippen molar-refractivity contribution in [1.82, 2.24) is 0 Å². The number of ether oxygens (including phenoxy) is 2. The fourth-order valence-corrected chi connectivity index (χ4v) is 3.36. The highest BCUT2D eigenvalue weighted by Gasteiger charge is 2.37. The third-order valence-corrected chi connectivity index (χ3v) is 4.85. The number of nitrogens with one attached hydrogen (secondary N) is 1. The zero-order valence-corrected chi connectivity index (χ0v) is 16.5. The van der Waals surface area contributed by atoms with Gasteiger partial charge in [0, 0.05) is 18.7 Å². The smallest absolute Gasteiger partial charge is 0.311 e. The second-order valence-electron chi connectivity index (χ2n) is 6.74. The number of benzene rings is 2. The van der Waals surface area contributed by atoms with E-state index in [0.717, 1.165) is 17.7 Å². The number of nitrogens with zero attached hydrogens (tertiary/aromatic N) is 1. The van der Waals surface area contributed by atoms with Gasteiger partial charge in [-0.05, 0) is 30.2 Å². The van der Waals surface area contributed by atoms with Crippen molar-refractivity contribution >= 4 is 29.2 Å². The van der Waals surface area contributed by atoms with Crippen LogP contribution in [0.3, 0.4) is 0 Å². The van der Waals surface area contributed by atoms with Gasteiger partial charge in [0.15, 0.2) is 6.61 Å². The lowest BCUT2D eigenvalue weighted by molar-refractivity contribution is -0.151. The Bertz CT molecular complexity index is 912. The number of hydrogen-bond acceptors (Lipinski definition) is 5. The van der Waals surface area contributed by atoms with E-state index >= 15 is 0 Å². The molecule has 0 unspecified atom stereocenters. The van der Waals surface area contributed by atoms with Crippen molar-refractivity contribution in [3.8, 4) is 5.75 Å². The van der Waals surface area contributed by atoms with Gasteiger partial charge in [0.05, 0.1) is 18.7 Å². The van der Waals surface area contributed by atoms with Crippen molar-refractivity contribution in [3.63, 3.8) is 0 Å². The number of carbonyl (C=O) groups is 3. The molecule has 2 amide bonds. The summed E-state index contributed by atoms with van der Waals surface area (Å²) in [5.74, 6) is -1.22. The molecule has 1 N–H and O–H groups in total. The molecule has 0 spiro atoms. The van der Waals surface area contributed by atoms with Crippen LogP contribution in [0, 0.1) is 5.92 Å². The van der Waals surface area contributed by atoms with Gasteiger partial charge in [-0.15, -0.1) is 0 Å². The highest BCUT2D eigenvalue weighted by atomic mass is 16.5. The molecule has 1 saturated heterocycles. The Hall–Kier alpha value is -3.35. The molecule has 0 aromatic heterocycles. The van der Waals surface area contributed by atoms with Gasteiger partial charge in [-0.3, -0.25) is 14.4 Å². The molecule has 0 aliphatic carbocycles. The van der Waals surface area contributed by atoms with Crippen LogP contribution in [0.25, 0.3) is 0 Å². The minimum atomic E-state index is -0.591. The zero-order valence-electron chi connectivity index (χ0n) is 16.5. The summed E-state index contributed by atoms with van der Waals surface area (Å²) in [6.07, 6.45) is 0.864. The van der Waals surface area contributed by atoms with Gasteiger partial charge >= 0.3 is 5.97 Å². The van der Waals surface area contributed by atoms with E-state index in [-0.39, 0.29) is 18.9 Å². The van der Waals surface area contributed by atoms with Crippen molar-refractivity contribution in [2.45, 2.75) is 19.8 Å². The van der Waals surface area contributed by atoms with Crippen molar-refractivity contribution in [2.24, 2.45) is 5.92 Å². The van der Waals surface area contributed by atoms with Crippen LogP contribution in [0.2, 0.25) is 0 Å². The average Bonchev–Trinajstić information content (AvgIpc) is 3.13. The Labute approximate surface area is 169 Å². The first-order valence-electron chi connectivity index (χ1n) is 9.51. The Morgan fingerprint density at radius 2 is 1.86 bits per heavy atom. The maximum absolute atomic E-state index is 12.4. The minimum absolute atomic E-state index is 0.0744. The van der Waals surface area contributed by atoms with Crippen molar-refractivity contribution in [2.75, 3.05) is 30.5 Å². The molecule has 29 heavy (non-hydrogen) atoms. The maximum Gasteiger partial charge on any atom is 0.311 e. The molecular formula is C22H24N2O5. The number of aryl methyl sites for hydroxylation is 1. The topological polar surface area (TPSA) is 84.9 Å². The van der Waals surface area contributed by atoms with Crippen LogP contribution in [0.4, 0.5) is 11.4 Å². The number of anilines is 2. The predicted molar refractivity (Wildman–Crippen MR) is 109 cm³/mol. The van der Waals surface area contributed by atoms with Gasteiger partial charge in [-0.2, -0.15) is 0 Å². The lowest BCUT2D eigenvalue weighted by atomic mass is 10.1. The van der Waals surface area contributed by atoms with Gasteiger partial charge in [0.25, 0.3) is 5.91 Å². The number of esters is 1. The number of rotatable bonds is 7. The monoisotopic (exact) mass is 396 g/mol. The third-order valence-electron chi connectivity index (χ3n) is 4.85. The first kappa shape index (κ1) is 20.4. The zero-order chi connectivity index (χ0) is 20.8. The van der Waals surface area contributed by atoms with Gasteiger partial charge in [0.2, 0.25) is 5.91 Å². The fourth-order valence-electron chi connectivity index (χ4n) is 3.36. The van der Waals surface area contributed by atoms with E-state index in [2.05, 4.69) is 5.32 Å². The SMILES string of the molecule is CCc1ccccc1N1C[C@@H](C(=O)OCC(=O)Nc2ccccc2OC)CC1=O. The summed E-state index contributed by atoms with van der Waals surface area (Å²) >= 11 is 0. The summed E-state index contributed by atoms with van der Waals surface area (Å²) in [5, 5.41) is 2.65. The van der Waals surface area contributed by atoms with Crippen LogP contribution in [-0.2, 0) is 25.5 Å². The van der Waals surface area contributed by atoms with Gasteiger partial charge in [-0.25, -0.2) is 0 Å². The van der Waals surface area contributed by atoms with Gasteiger partial charge in [0.1, 0.15) is 5.75 Å². The summed E-state index contributed by atoms with van der Waals surface area (Å²) in [6, 6.07) is 14.6. The summed E-state index contributed by atoms with van der Waals surface area (Å²) in [7, 11) is 1.50. The van der Waals surface area contributed by atoms with Crippen LogP contribution in [0.5, 0.6) is 5.75 Å². The van der Waals surface area contributed by atoms with Crippen LogP contribution < -0.4 is 15.0 Å². The Kier molecular flexibility index (Phi) is 6.49. The molecule has 3 rings (SSSR count). The molecule has 7 heteroatoms. The van der Waals surface area contributed by atoms with Gasteiger partial charge < -0.3 is 19.7 Å². The van der Waals surface area contributed by atoms with E-state index in [1.807, 2.05) is 31.2 Å². The molecule has 1 aliphatic heterocycles. The Morgan fingerprint density at radius 3 is 2.62 bits per heavy atom. The first-order valence-corrected chi connectivity index (χ1v) is 9.51. The lowest BCUT2D eigenvalue weighted by Gasteiger charge is -2.19. The molecule has 1 fully saturated rings. The van der Waals surface area contributed by atoms with Crippen molar-refractivity contribution in [1.29, 1.82) is 0 Å². The normalized spacial score (nSPS) is 15.9. The number of methoxy groups -OCH3 is 1.